The SMILES string of the molecule is Cc1ccc(C(=O)NCCNC(=O)N(C)Cc2cccc(C#N)c2)cc1F. The van der Waals surface area contributed by atoms with Crippen molar-refractivity contribution in [2.45, 2.75) is 13.5 Å². The van der Waals surface area contributed by atoms with Crippen LogP contribution in [-0.2, 0) is 6.54 Å². The Morgan fingerprint density at radius 2 is 1.89 bits per heavy atom. The van der Waals surface area contributed by atoms with Crippen LogP contribution < -0.4 is 10.6 Å². The van der Waals surface area contributed by atoms with Crippen molar-refractivity contribution in [3.63, 3.8) is 0 Å². The van der Waals surface area contributed by atoms with Crippen LogP contribution in [0.1, 0.15) is 27.0 Å². The lowest BCUT2D eigenvalue weighted by atomic mass is 10.1. The molecule has 0 aliphatic rings. The summed E-state index contributed by atoms with van der Waals surface area (Å²) in [5.74, 6) is -0.831. The van der Waals surface area contributed by atoms with Crippen LogP contribution in [0.25, 0.3) is 0 Å². The van der Waals surface area contributed by atoms with Crippen molar-refractivity contribution in [2.75, 3.05) is 20.1 Å². The van der Waals surface area contributed by atoms with Crippen LogP contribution >= 0.6 is 0 Å². The smallest absolute Gasteiger partial charge is 0.317 e. The highest BCUT2D eigenvalue weighted by atomic mass is 19.1. The Hall–Kier alpha value is -3.40. The summed E-state index contributed by atoms with van der Waals surface area (Å²) < 4.78 is 13.5. The van der Waals surface area contributed by atoms with Gasteiger partial charge >= 0.3 is 6.03 Å². The standard InChI is InChI=1S/C20H21FN4O2/c1-14-6-7-17(11-18(14)21)19(26)23-8-9-24-20(27)25(2)13-16-5-3-4-15(10-16)12-22/h3-7,10-11H,8-9,13H2,1-2H3,(H,23,26)(H,24,27). The molecule has 0 aliphatic carbocycles. The normalized spacial score (nSPS) is 10.0. The van der Waals surface area contributed by atoms with E-state index in [2.05, 4.69) is 16.7 Å². The third-order valence-electron chi connectivity index (χ3n) is 3.94. The second-order valence-electron chi connectivity index (χ2n) is 6.12. The number of rotatable bonds is 6. The summed E-state index contributed by atoms with van der Waals surface area (Å²) in [4.78, 5) is 25.5. The first-order valence-electron chi connectivity index (χ1n) is 8.43. The van der Waals surface area contributed by atoms with Gasteiger partial charge in [0.15, 0.2) is 0 Å². The molecular weight excluding hydrogens is 347 g/mol. The number of hydrogen-bond donors (Lipinski definition) is 2. The Morgan fingerprint density at radius 3 is 2.59 bits per heavy atom. The Labute approximate surface area is 157 Å². The monoisotopic (exact) mass is 368 g/mol. The van der Waals surface area contributed by atoms with Crippen LogP contribution in [0.5, 0.6) is 0 Å². The highest BCUT2D eigenvalue weighted by Gasteiger charge is 2.10. The zero-order valence-electron chi connectivity index (χ0n) is 15.3. The fourth-order valence-electron chi connectivity index (χ4n) is 2.40. The number of aryl methyl sites for hydroxylation is 1. The quantitative estimate of drug-likeness (QED) is 0.769. The molecule has 0 saturated carbocycles. The van der Waals surface area contributed by atoms with Crippen molar-refractivity contribution in [2.24, 2.45) is 0 Å². The largest absolute Gasteiger partial charge is 0.350 e. The highest BCUT2D eigenvalue weighted by molar-refractivity contribution is 5.94. The fourth-order valence-corrected chi connectivity index (χ4v) is 2.40. The maximum Gasteiger partial charge on any atom is 0.317 e. The Balaban J connectivity index is 1.75. The van der Waals surface area contributed by atoms with Gasteiger partial charge in [0, 0.05) is 32.2 Å². The first kappa shape index (κ1) is 19.9. The van der Waals surface area contributed by atoms with Crippen LogP contribution in [0.15, 0.2) is 42.5 Å². The van der Waals surface area contributed by atoms with Crippen LogP contribution in [0.4, 0.5) is 9.18 Å². The van der Waals surface area contributed by atoms with Crippen molar-refractivity contribution < 1.29 is 14.0 Å². The molecule has 0 unspecified atom stereocenters. The summed E-state index contributed by atoms with van der Waals surface area (Å²) in [6.45, 7) is 2.44. The highest BCUT2D eigenvalue weighted by Crippen LogP contribution is 2.09. The number of nitrogens with zero attached hydrogens (tertiary/aromatic N) is 2. The van der Waals surface area contributed by atoms with E-state index in [0.717, 1.165) is 5.56 Å². The van der Waals surface area contributed by atoms with Gasteiger partial charge in [-0.05, 0) is 42.3 Å². The van der Waals surface area contributed by atoms with Gasteiger partial charge in [0.1, 0.15) is 5.82 Å². The zero-order chi connectivity index (χ0) is 19.8. The minimum absolute atomic E-state index is 0.220. The maximum atomic E-state index is 13.5. The molecule has 0 bridgehead atoms. The summed E-state index contributed by atoms with van der Waals surface area (Å²) in [5, 5.41) is 14.2. The summed E-state index contributed by atoms with van der Waals surface area (Å²) >= 11 is 0. The molecule has 6 nitrogen and oxygen atoms in total. The molecule has 0 atom stereocenters. The lowest BCUT2D eigenvalue weighted by molar-refractivity contribution is 0.0953. The molecule has 3 amide bonds. The van der Waals surface area contributed by atoms with Crippen molar-refractivity contribution in [1.29, 1.82) is 5.26 Å². The molecule has 0 aliphatic heterocycles. The first-order valence-corrected chi connectivity index (χ1v) is 8.43. The second-order valence-corrected chi connectivity index (χ2v) is 6.12. The molecule has 140 valence electrons. The minimum atomic E-state index is -0.432. The molecule has 0 radical (unpaired) electrons. The number of nitrogens with one attached hydrogen (secondary N) is 2. The van der Waals surface area contributed by atoms with Gasteiger partial charge in [-0.1, -0.05) is 18.2 Å². The third-order valence-corrected chi connectivity index (χ3v) is 3.94. The van der Waals surface area contributed by atoms with Crippen LogP contribution in [-0.4, -0.2) is 37.0 Å². The number of halogens is 1. The summed E-state index contributed by atoms with van der Waals surface area (Å²) in [6, 6.07) is 13.1. The summed E-state index contributed by atoms with van der Waals surface area (Å²) in [6.07, 6.45) is 0. The number of urea groups is 1. The molecule has 0 saturated heterocycles. The molecule has 2 N–H and O–H groups in total. The van der Waals surface area contributed by atoms with E-state index in [1.807, 2.05) is 6.07 Å². The van der Waals surface area contributed by atoms with Gasteiger partial charge in [-0.15, -0.1) is 0 Å². The Morgan fingerprint density at radius 1 is 1.15 bits per heavy atom. The molecule has 2 aromatic rings. The van der Waals surface area contributed by atoms with Gasteiger partial charge in [0.2, 0.25) is 0 Å². The number of carbonyl (C=O) groups excluding carboxylic acids is 2. The fraction of sp³-hybridized carbons (Fsp3) is 0.250. The van der Waals surface area contributed by atoms with E-state index in [-0.39, 0.29) is 24.7 Å². The van der Waals surface area contributed by atoms with Gasteiger partial charge < -0.3 is 15.5 Å². The Kier molecular flexibility index (Phi) is 6.89. The topological polar surface area (TPSA) is 85.2 Å². The van der Waals surface area contributed by atoms with E-state index in [1.54, 1.807) is 44.3 Å². The molecule has 27 heavy (non-hydrogen) atoms. The summed E-state index contributed by atoms with van der Waals surface area (Å²) in [7, 11) is 1.64. The van der Waals surface area contributed by atoms with Crippen molar-refractivity contribution in [1.82, 2.24) is 15.5 Å². The van der Waals surface area contributed by atoms with E-state index in [1.165, 1.54) is 11.0 Å². The molecule has 0 spiro atoms. The molecular formula is C20H21FN4O2. The van der Waals surface area contributed by atoms with Crippen LogP contribution in [0.2, 0.25) is 0 Å². The number of nitriles is 1. The number of carbonyl (C=O) groups is 2. The lowest BCUT2D eigenvalue weighted by Gasteiger charge is -2.18. The van der Waals surface area contributed by atoms with E-state index in [4.69, 9.17) is 5.26 Å². The predicted molar refractivity (Wildman–Crippen MR) is 99.5 cm³/mol. The first-order chi connectivity index (χ1) is 12.9. The average molecular weight is 368 g/mol. The molecule has 2 rings (SSSR count). The third kappa shape index (κ3) is 5.82. The molecule has 0 fully saturated rings. The Bertz CT molecular complexity index is 877. The van der Waals surface area contributed by atoms with Crippen molar-refractivity contribution in [3.05, 3.63) is 70.5 Å². The van der Waals surface area contributed by atoms with E-state index in [9.17, 15) is 14.0 Å². The molecule has 2 aromatic carbocycles. The van der Waals surface area contributed by atoms with Gasteiger partial charge in [-0.2, -0.15) is 5.26 Å². The van der Waals surface area contributed by atoms with E-state index < -0.39 is 11.7 Å². The maximum absolute atomic E-state index is 13.5. The van der Waals surface area contributed by atoms with Crippen molar-refractivity contribution in [3.8, 4) is 6.07 Å². The van der Waals surface area contributed by atoms with Gasteiger partial charge in [0.05, 0.1) is 11.6 Å². The van der Waals surface area contributed by atoms with Gasteiger partial charge in [-0.3, -0.25) is 4.79 Å². The minimum Gasteiger partial charge on any atom is -0.350 e. The van der Waals surface area contributed by atoms with Gasteiger partial charge in [-0.25, -0.2) is 9.18 Å². The molecule has 0 heterocycles. The zero-order valence-corrected chi connectivity index (χ0v) is 15.3. The summed E-state index contributed by atoms with van der Waals surface area (Å²) in [5.41, 5.74) is 2.10. The van der Waals surface area contributed by atoms with Crippen molar-refractivity contribution >= 4 is 11.9 Å². The van der Waals surface area contributed by atoms with Crippen LogP contribution in [0, 0.1) is 24.1 Å². The molecule has 0 aromatic heterocycles. The number of hydrogen-bond acceptors (Lipinski definition) is 3. The number of benzene rings is 2. The van der Waals surface area contributed by atoms with E-state index >= 15 is 0 Å². The van der Waals surface area contributed by atoms with Crippen LogP contribution in [0.3, 0.4) is 0 Å². The predicted octanol–water partition coefficient (Wildman–Crippen LogP) is 2.58. The second kappa shape index (κ2) is 9.34. The average Bonchev–Trinajstić information content (AvgIpc) is 2.67. The number of amides is 3. The van der Waals surface area contributed by atoms with E-state index in [0.29, 0.717) is 17.7 Å². The molecule has 7 heteroatoms. The lowest BCUT2D eigenvalue weighted by Crippen LogP contribution is -2.41. The van der Waals surface area contributed by atoms with Gasteiger partial charge in [0.25, 0.3) is 5.91 Å².